The number of anilines is 1. The van der Waals surface area contributed by atoms with Crippen molar-refractivity contribution in [2.45, 2.75) is 6.92 Å². The molecule has 15 heavy (non-hydrogen) atoms. The number of carbonyl (C=O) groups excluding carboxylic acids is 1. The molecule has 1 aromatic carbocycles. The fraction of sp³-hybridized carbons (Fsp3) is 0.222. The Balaban J connectivity index is 3.41. The third kappa shape index (κ3) is 2.04. The second-order valence-electron chi connectivity index (χ2n) is 2.97. The molecule has 0 heterocycles. The molecule has 0 aliphatic rings. The Hall–Kier alpha value is -2.11. The van der Waals surface area contributed by atoms with Gasteiger partial charge in [-0.25, -0.2) is 4.79 Å². The number of nitro benzene ring substituents is 1. The Kier molecular flexibility index (Phi) is 2.89. The topological polar surface area (TPSA) is 95.5 Å². The van der Waals surface area contributed by atoms with Crippen molar-refractivity contribution >= 4 is 17.3 Å². The first-order valence-electron chi connectivity index (χ1n) is 4.10. The summed E-state index contributed by atoms with van der Waals surface area (Å²) in [5.74, 6) is -0.746. The number of aryl methyl sites for hydroxylation is 1. The van der Waals surface area contributed by atoms with E-state index >= 15 is 0 Å². The van der Waals surface area contributed by atoms with Gasteiger partial charge in [0.05, 0.1) is 12.0 Å². The van der Waals surface area contributed by atoms with Crippen LogP contribution in [0.4, 0.5) is 11.4 Å². The maximum absolute atomic E-state index is 11.2. The summed E-state index contributed by atoms with van der Waals surface area (Å²) in [5, 5.41) is 10.6. The molecule has 0 atom stereocenters. The van der Waals surface area contributed by atoms with Crippen LogP contribution >= 0.6 is 0 Å². The highest BCUT2D eigenvalue weighted by atomic mass is 16.6. The van der Waals surface area contributed by atoms with E-state index in [9.17, 15) is 14.9 Å². The first kappa shape index (κ1) is 11.0. The minimum Gasteiger partial charge on any atom is -0.465 e. The summed E-state index contributed by atoms with van der Waals surface area (Å²) in [6, 6.07) is 2.50. The summed E-state index contributed by atoms with van der Waals surface area (Å²) < 4.78 is 4.44. The van der Waals surface area contributed by atoms with E-state index in [2.05, 4.69) is 4.74 Å². The van der Waals surface area contributed by atoms with Crippen LogP contribution in [0.15, 0.2) is 12.1 Å². The number of nitrogen functional groups attached to an aromatic ring is 1. The van der Waals surface area contributed by atoms with Gasteiger partial charge < -0.3 is 10.5 Å². The first-order chi connectivity index (χ1) is 6.97. The molecular weight excluding hydrogens is 200 g/mol. The van der Waals surface area contributed by atoms with E-state index in [1.807, 2.05) is 0 Å². The molecule has 1 aromatic rings. The number of hydrogen-bond acceptors (Lipinski definition) is 5. The zero-order valence-electron chi connectivity index (χ0n) is 8.31. The van der Waals surface area contributed by atoms with E-state index in [-0.39, 0.29) is 16.9 Å². The van der Waals surface area contributed by atoms with Crippen LogP contribution in [0.2, 0.25) is 0 Å². The molecule has 0 saturated heterocycles. The smallest absolute Gasteiger partial charge is 0.344 e. The lowest BCUT2D eigenvalue weighted by Crippen LogP contribution is -2.07. The van der Waals surface area contributed by atoms with Crippen LogP contribution in [0, 0.1) is 17.0 Å². The quantitative estimate of drug-likeness (QED) is 0.343. The number of nitro groups is 1. The van der Waals surface area contributed by atoms with Gasteiger partial charge in [0.1, 0.15) is 5.56 Å². The second-order valence-corrected chi connectivity index (χ2v) is 2.97. The monoisotopic (exact) mass is 210 g/mol. The molecule has 0 aliphatic heterocycles. The summed E-state index contributed by atoms with van der Waals surface area (Å²) in [6.07, 6.45) is 0. The number of carbonyl (C=O) groups is 1. The molecule has 1 rings (SSSR count). The molecular formula is C9H10N2O4. The first-order valence-corrected chi connectivity index (χ1v) is 4.10. The van der Waals surface area contributed by atoms with Crippen LogP contribution in [0.5, 0.6) is 0 Å². The Morgan fingerprint density at radius 2 is 2.13 bits per heavy atom. The fourth-order valence-electron chi connectivity index (χ4n) is 1.14. The van der Waals surface area contributed by atoms with Gasteiger partial charge in [0.15, 0.2) is 0 Å². The normalized spacial score (nSPS) is 9.73. The van der Waals surface area contributed by atoms with Gasteiger partial charge in [-0.2, -0.15) is 0 Å². The molecule has 2 N–H and O–H groups in total. The Morgan fingerprint density at radius 1 is 1.53 bits per heavy atom. The van der Waals surface area contributed by atoms with Gasteiger partial charge in [-0.3, -0.25) is 10.1 Å². The summed E-state index contributed by atoms with van der Waals surface area (Å²) in [6.45, 7) is 1.66. The molecule has 0 bridgehead atoms. The van der Waals surface area contributed by atoms with Gasteiger partial charge in [-0.15, -0.1) is 0 Å². The SMILES string of the molecule is COC(=O)c1cc(C)c(N)cc1[N+](=O)[O-]. The van der Waals surface area contributed by atoms with E-state index in [1.165, 1.54) is 6.07 Å². The highest BCUT2D eigenvalue weighted by molar-refractivity contribution is 5.95. The van der Waals surface area contributed by atoms with Crippen LogP contribution in [0.1, 0.15) is 15.9 Å². The average molecular weight is 210 g/mol. The standard InChI is InChI=1S/C9H10N2O4/c1-5-3-6(9(12)15-2)8(11(13)14)4-7(5)10/h3-4H,10H2,1-2H3. The highest BCUT2D eigenvalue weighted by Gasteiger charge is 2.22. The van der Waals surface area contributed by atoms with Gasteiger partial charge >= 0.3 is 5.97 Å². The minimum absolute atomic E-state index is 0.0887. The van der Waals surface area contributed by atoms with Crippen molar-refractivity contribution in [3.05, 3.63) is 33.4 Å². The maximum Gasteiger partial charge on any atom is 0.344 e. The number of ether oxygens (including phenoxy) is 1. The Morgan fingerprint density at radius 3 is 2.60 bits per heavy atom. The molecule has 0 aliphatic carbocycles. The predicted octanol–water partition coefficient (Wildman–Crippen LogP) is 1.27. The lowest BCUT2D eigenvalue weighted by Gasteiger charge is -2.04. The average Bonchev–Trinajstić information content (AvgIpc) is 2.20. The minimum atomic E-state index is -0.746. The lowest BCUT2D eigenvalue weighted by atomic mass is 10.1. The number of nitrogens with zero attached hydrogens (tertiary/aromatic N) is 1. The van der Waals surface area contributed by atoms with Crippen molar-refractivity contribution < 1.29 is 14.5 Å². The molecule has 0 spiro atoms. The van der Waals surface area contributed by atoms with Crippen molar-refractivity contribution in [3.63, 3.8) is 0 Å². The van der Waals surface area contributed by atoms with Crippen LogP contribution in [-0.4, -0.2) is 18.0 Å². The van der Waals surface area contributed by atoms with Gasteiger partial charge in [-0.05, 0) is 18.6 Å². The summed E-state index contributed by atoms with van der Waals surface area (Å²) >= 11 is 0. The number of esters is 1. The van der Waals surface area contributed by atoms with Gasteiger partial charge in [0.2, 0.25) is 0 Å². The van der Waals surface area contributed by atoms with E-state index in [0.29, 0.717) is 5.56 Å². The van der Waals surface area contributed by atoms with Gasteiger partial charge in [0.25, 0.3) is 5.69 Å². The van der Waals surface area contributed by atoms with Crippen molar-refractivity contribution in [1.29, 1.82) is 0 Å². The summed E-state index contributed by atoms with van der Waals surface area (Å²) in [4.78, 5) is 21.2. The Labute approximate surface area is 85.8 Å². The number of nitrogens with two attached hydrogens (primary N) is 1. The molecule has 0 saturated carbocycles. The molecule has 0 fully saturated rings. The van der Waals surface area contributed by atoms with Crippen molar-refractivity contribution in [2.24, 2.45) is 0 Å². The summed E-state index contributed by atoms with van der Waals surface area (Å²) in [5.41, 5.74) is 5.95. The maximum atomic E-state index is 11.2. The zero-order valence-corrected chi connectivity index (χ0v) is 8.31. The lowest BCUT2D eigenvalue weighted by molar-refractivity contribution is -0.385. The molecule has 0 radical (unpaired) electrons. The van der Waals surface area contributed by atoms with Crippen molar-refractivity contribution in [3.8, 4) is 0 Å². The molecule has 0 amide bonds. The fourth-order valence-corrected chi connectivity index (χ4v) is 1.14. The molecule has 6 heteroatoms. The number of rotatable bonds is 2. The number of methoxy groups -OCH3 is 1. The van der Waals surface area contributed by atoms with Crippen LogP contribution < -0.4 is 5.73 Å². The van der Waals surface area contributed by atoms with Crippen LogP contribution in [0.3, 0.4) is 0 Å². The Bertz CT molecular complexity index is 428. The highest BCUT2D eigenvalue weighted by Crippen LogP contribution is 2.25. The van der Waals surface area contributed by atoms with Crippen molar-refractivity contribution in [2.75, 3.05) is 12.8 Å². The van der Waals surface area contributed by atoms with Gasteiger partial charge in [-0.1, -0.05) is 0 Å². The van der Waals surface area contributed by atoms with Gasteiger partial charge in [0, 0.05) is 11.8 Å². The number of hydrogen-bond donors (Lipinski definition) is 1. The van der Waals surface area contributed by atoms with Crippen molar-refractivity contribution in [1.82, 2.24) is 0 Å². The number of benzene rings is 1. The molecule has 80 valence electrons. The zero-order chi connectivity index (χ0) is 11.6. The molecule has 0 unspecified atom stereocenters. The van der Waals surface area contributed by atoms with E-state index in [4.69, 9.17) is 5.73 Å². The van der Waals surface area contributed by atoms with E-state index in [1.54, 1.807) is 6.92 Å². The second kappa shape index (κ2) is 3.95. The largest absolute Gasteiger partial charge is 0.465 e. The van der Waals surface area contributed by atoms with E-state index in [0.717, 1.165) is 13.2 Å². The molecule has 6 nitrogen and oxygen atoms in total. The van der Waals surface area contributed by atoms with Crippen LogP contribution in [0.25, 0.3) is 0 Å². The van der Waals surface area contributed by atoms with Crippen LogP contribution in [-0.2, 0) is 4.74 Å². The predicted molar refractivity (Wildman–Crippen MR) is 53.6 cm³/mol. The third-order valence-electron chi connectivity index (χ3n) is 1.99. The third-order valence-corrected chi connectivity index (χ3v) is 1.99. The molecule has 0 aromatic heterocycles. The summed E-state index contributed by atoms with van der Waals surface area (Å²) in [7, 11) is 1.16. The van der Waals surface area contributed by atoms with E-state index < -0.39 is 10.9 Å².